The first-order chi connectivity index (χ1) is 7.65. The van der Waals surface area contributed by atoms with Gasteiger partial charge in [-0.2, -0.15) is 11.8 Å². The molecule has 0 saturated carbocycles. The monoisotopic (exact) mass is 235 g/mol. The largest absolute Gasteiger partial charge is 0.312 e. The third-order valence-electron chi connectivity index (χ3n) is 3.50. The summed E-state index contributed by atoms with van der Waals surface area (Å²) < 4.78 is 0. The van der Waals surface area contributed by atoms with E-state index in [2.05, 4.69) is 63.1 Å². The molecule has 0 radical (unpaired) electrons. The molecule has 2 unspecified atom stereocenters. The van der Waals surface area contributed by atoms with Crippen molar-refractivity contribution >= 4 is 11.8 Å². The maximum Gasteiger partial charge on any atom is 0.0443 e. The predicted molar refractivity (Wildman–Crippen MR) is 72.9 cm³/mol. The Morgan fingerprint density at radius 1 is 1.38 bits per heavy atom. The van der Waals surface area contributed by atoms with Crippen molar-refractivity contribution < 1.29 is 0 Å². The summed E-state index contributed by atoms with van der Waals surface area (Å²) in [6, 6.07) is 7.21. The van der Waals surface area contributed by atoms with Gasteiger partial charge in [-0.25, -0.2) is 0 Å². The second-order valence-corrected chi connectivity index (χ2v) is 6.10. The van der Waals surface area contributed by atoms with Gasteiger partial charge in [0, 0.05) is 17.0 Å². The molecule has 2 heteroatoms. The fourth-order valence-electron chi connectivity index (χ4n) is 2.56. The Balaban J connectivity index is 2.41. The van der Waals surface area contributed by atoms with Crippen molar-refractivity contribution in [2.45, 2.75) is 37.8 Å². The third-order valence-corrected chi connectivity index (χ3v) is 5.16. The van der Waals surface area contributed by atoms with Gasteiger partial charge >= 0.3 is 0 Å². The molecule has 0 bridgehead atoms. The van der Waals surface area contributed by atoms with E-state index >= 15 is 0 Å². The average molecular weight is 235 g/mol. The summed E-state index contributed by atoms with van der Waals surface area (Å²) in [6.07, 6.45) is 0. The molecular formula is C14H21NS. The van der Waals surface area contributed by atoms with Crippen molar-refractivity contribution in [3.05, 3.63) is 34.9 Å². The summed E-state index contributed by atoms with van der Waals surface area (Å²) in [6.45, 7) is 6.87. The maximum absolute atomic E-state index is 3.50. The Labute approximate surface area is 103 Å². The zero-order chi connectivity index (χ0) is 11.7. The molecule has 0 amide bonds. The Morgan fingerprint density at radius 2 is 2.12 bits per heavy atom. The van der Waals surface area contributed by atoms with E-state index in [1.165, 1.54) is 16.9 Å². The fraction of sp³-hybridized carbons (Fsp3) is 0.571. The van der Waals surface area contributed by atoms with Crippen molar-refractivity contribution in [3.8, 4) is 0 Å². The number of benzene rings is 1. The summed E-state index contributed by atoms with van der Waals surface area (Å²) in [5, 5.41) is 4.19. The van der Waals surface area contributed by atoms with Gasteiger partial charge in [-0.1, -0.05) is 32.0 Å². The van der Waals surface area contributed by atoms with Crippen LogP contribution in [0.1, 0.15) is 36.6 Å². The van der Waals surface area contributed by atoms with Crippen LogP contribution in [0.15, 0.2) is 18.2 Å². The molecule has 1 N–H and O–H groups in total. The molecule has 1 heterocycles. The zero-order valence-electron chi connectivity index (χ0n) is 10.6. The Morgan fingerprint density at radius 3 is 2.75 bits per heavy atom. The van der Waals surface area contributed by atoms with Crippen LogP contribution >= 0.6 is 11.8 Å². The topological polar surface area (TPSA) is 12.0 Å². The quantitative estimate of drug-likeness (QED) is 0.841. The van der Waals surface area contributed by atoms with Gasteiger partial charge in [-0.3, -0.25) is 0 Å². The molecule has 0 aliphatic carbocycles. The van der Waals surface area contributed by atoms with Crippen molar-refractivity contribution in [1.82, 2.24) is 5.32 Å². The minimum absolute atomic E-state index is 0.508. The summed E-state index contributed by atoms with van der Waals surface area (Å²) in [5.41, 5.74) is 4.50. The smallest absolute Gasteiger partial charge is 0.0443 e. The molecule has 2 rings (SSSR count). The second kappa shape index (κ2) is 4.80. The molecule has 0 spiro atoms. The number of hydrogen-bond donors (Lipinski definition) is 1. The van der Waals surface area contributed by atoms with Crippen LogP contribution in [-0.2, 0) is 5.75 Å². The van der Waals surface area contributed by atoms with E-state index < -0.39 is 0 Å². The van der Waals surface area contributed by atoms with E-state index in [0.717, 1.165) is 5.92 Å². The van der Waals surface area contributed by atoms with Gasteiger partial charge in [0.05, 0.1) is 0 Å². The van der Waals surface area contributed by atoms with Gasteiger partial charge in [0.15, 0.2) is 0 Å². The van der Waals surface area contributed by atoms with Crippen molar-refractivity contribution in [2.75, 3.05) is 7.05 Å². The average Bonchev–Trinajstić information content (AvgIpc) is 2.27. The van der Waals surface area contributed by atoms with E-state index in [4.69, 9.17) is 0 Å². The van der Waals surface area contributed by atoms with Crippen LogP contribution in [-0.4, -0.2) is 12.3 Å². The van der Waals surface area contributed by atoms with Crippen LogP contribution in [0.5, 0.6) is 0 Å². The molecule has 0 fully saturated rings. The van der Waals surface area contributed by atoms with Crippen LogP contribution < -0.4 is 5.32 Å². The fourth-order valence-corrected chi connectivity index (χ4v) is 4.18. The van der Waals surface area contributed by atoms with Gasteiger partial charge < -0.3 is 5.32 Å². The van der Waals surface area contributed by atoms with Gasteiger partial charge in [0.2, 0.25) is 0 Å². The summed E-state index contributed by atoms with van der Waals surface area (Å²) in [4.78, 5) is 0. The van der Waals surface area contributed by atoms with E-state index in [1.54, 1.807) is 5.56 Å². The summed E-state index contributed by atoms with van der Waals surface area (Å²) in [5.74, 6) is 1.89. The molecular weight excluding hydrogens is 214 g/mol. The van der Waals surface area contributed by atoms with Crippen molar-refractivity contribution in [3.63, 3.8) is 0 Å². The Hall–Kier alpha value is -0.470. The molecule has 88 valence electrons. The number of thioether (sulfide) groups is 1. The van der Waals surface area contributed by atoms with E-state index in [-0.39, 0.29) is 0 Å². The number of rotatable bonds is 2. The molecule has 1 aromatic carbocycles. The highest BCUT2D eigenvalue weighted by Gasteiger charge is 2.31. The highest BCUT2D eigenvalue weighted by molar-refractivity contribution is 7.99. The van der Waals surface area contributed by atoms with Gasteiger partial charge in [0.1, 0.15) is 0 Å². The minimum atomic E-state index is 0.508. The van der Waals surface area contributed by atoms with Gasteiger partial charge in [-0.15, -0.1) is 0 Å². The summed E-state index contributed by atoms with van der Waals surface area (Å²) >= 11 is 2.10. The van der Waals surface area contributed by atoms with E-state index in [0.29, 0.717) is 11.3 Å². The highest BCUT2D eigenvalue weighted by atomic mass is 32.2. The van der Waals surface area contributed by atoms with Crippen LogP contribution in [0, 0.1) is 12.8 Å². The third kappa shape index (κ3) is 2.01. The van der Waals surface area contributed by atoms with Gasteiger partial charge in [-0.05, 0) is 36.6 Å². The number of fused-ring (bicyclic) bond motifs is 1. The lowest BCUT2D eigenvalue weighted by Crippen LogP contribution is -2.34. The first-order valence-electron chi connectivity index (χ1n) is 6.02. The molecule has 2 atom stereocenters. The molecule has 16 heavy (non-hydrogen) atoms. The van der Waals surface area contributed by atoms with Crippen LogP contribution in [0.25, 0.3) is 0 Å². The SMILES string of the molecule is CNC1c2cccc(C)c2CSC1C(C)C. The first kappa shape index (κ1) is 12.0. The lowest BCUT2D eigenvalue weighted by atomic mass is 9.91. The molecule has 1 aliphatic rings. The van der Waals surface area contributed by atoms with E-state index in [9.17, 15) is 0 Å². The summed E-state index contributed by atoms with van der Waals surface area (Å²) in [7, 11) is 2.08. The molecule has 1 aromatic rings. The minimum Gasteiger partial charge on any atom is -0.312 e. The highest BCUT2D eigenvalue weighted by Crippen LogP contribution is 2.41. The van der Waals surface area contributed by atoms with Crippen LogP contribution in [0.3, 0.4) is 0 Å². The van der Waals surface area contributed by atoms with Crippen LogP contribution in [0.4, 0.5) is 0 Å². The number of hydrogen-bond acceptors (Lipinski definition) is 2. The second-order valence-electron chi connectivity index (χ2n) is 4.93. The Kier molecular flexibility index (Phi) is 3.60. The first-order valence-corrected chi connectivity index (χ1v) is 7.07. The number of aryl methyl sites for hydroxylation is 1. The lowest BCUT2D eigenvalue weighted by Gasteiger charge is -2.36. The van der Waals surface area contributed by atoms with Gasteiger partial charge in [0.25, 0.3) is 0 Å². The lowest BCUT2D eigenvalue weighted by molar-refractivity contribution is 0.466. The van der Waals surface area contributed by atoms with Crippen molar-refractivity contribution in [1.29, 1.82) is 0 Å². The number of nitrogens with one attached hydrogen (secondary N) is 1. The molecule has 1 nitrogen and oxygen atoms in total. The van der Waals surface area contributed by atoms with Crippen molar-refractivity contribution in [2.24, 2.45) is 5.92 Å². The standard InChI is InChI=1S/C14H21NS/c1-9(2)14-13(15-4)11-7-5-6-10(3)12(11)8-16-14/h5-7,9,13-15H,8H2,1-4H3. The van der Waals surface area contributed by atoms with Crippen LogP contribution in [0.2, 0.25) is 0 Å². The molecule has 0 saturated heterocycles. The predicted octanol–water partition coefficient (Wildman–Crippen LogP) is 3.53. The molecule has 1 aliphatic heterocycles. The molecule has 0 aromatic heterocycles. The maximum atomic E-state index is 3.50. The zero-order valence-corrected chi connectivity index (χ0v) is 11.4. The normalized spacial score (nSPS) is 24.6. The van der Waals surface area contributed by atoms with E-state index in [1.807, 2.05) is 0 Å². The Bertz CT molecular complexity index is 373.